The van der Waals surface area contributed by atoms with Crippen molar-refractivity contribution in [2.45, 2.75) is 13.0 Å². The molecule has 6 heteroatoms. The smallest absolute Gasteiger partial charge is 0.142 e. The molecule has 3 N–H and O–H groups in total. The fraction of sp³-hybridized carbons (Fsp3) is 0.400. The molecule has 1 aromatic carbocycles. The van der Waals surface area contributed by atoms with Crippen LogP contribution in [0.5, 0.6) is 5.75 Å². The number of ether oxygens (including phenoxy) is 1. The lowest BCUT2D eigenvalue weighted by Crippen LogP contribution is -2.13. The molecule has 0 aliphatic rings. The molecule has 0 heterocycles. The van der Waals surface area contributed by atoms with Gasteiger partial charge in [0, 0.05) is 5.28 Å². The molecule has 88 valence electrons. The number of nitrogen functional groups attached to an aromatic ring is 1. The van der Waals surface area contributed by atoms with Gasteiger partial charge in [-0.3, -0.25) is 0 Å². The summed E-state index contributed by atoms with van der Waals surface area (Å²) in [4.78, 5) is 4.45. The molecule has 0 bridgehead atoms. The van der Waals surface area contributed by atoms with Gasteiger partial charge in [0.05, 0.1) is 17.5 Å². The summed E-state index contributed by atoms with van der Waals surface area (Å²) in [5.74, 6) is 0.511. The minimum atomic E-state index is -0.535. The predicted molar refractivity (Wildman–Crippen MR) is 59.6 cm³/mol. The maximum atomic E-state index is 9.06. The van der Waals surface area contributed by atoms with E-state index >= 15 is 0 Å². The normalized spacial score (nSPS) is 12.7. The van der Waals surface area contributed by atoms with Gasteiger partial charge in [-0.2, -0.15) is 0 Å². The van der Waals surface area contributed by atoms with Crippen LogP contribution in [-0.4, -0.2) is 24.9 Å². The fourth-order valence-electron chi connectivity index (χ4n) is 1.03. The summed E-state index contributed by atoms with van der Waals surface area (Å²) in [6.07, 6.45) is -0.535. The molecule has 0 aliphatic heterocycles. The zero-order valence-corrected chi connectivity index (χ0v) is 9.25. The minimum Gasteiger partial charge on any atom is -0.489 e. The Hall–Kier alpha value is -1.82. The van der Waals surface area contributed by atoms with E-state index in [-0.39, 0.29) is 6.61 Å². The molecule has 0 spiro atoms. The van der Waals surface area contributed by atoms with Crippen molar-refractivity contribution < 1.29 is 14.7 Å². The van der Waals surface area contributed by atoms with Crippen LogP contribution in [0.2, 0.25) is 0 Å². The van der Waals surface area contributed by atoms with Gasteiger partial charge in [0.15, 0.2) is 0 Å². The molecule has 0 amide bonds. The number of aliphatic hydroxyl groups excluding tert-OH is 1. The molecule has 6 nitrogen and oxygen atoms in total. The van der Waals surface area contributed by atoms with Crippen LogP contribution in [0.3, 0.4) is 0 Å². The Labute approximate surface area is 93.7 Å². The topological polar surface area (TPSA) is 89.4 Å². The summed E-state index contributed by atoms with van der Waals surface area (Å²) in [7, 11) is 1.41. The first-order chi connectivity index (χ1) is 7.63. The van der Waals surface area contributed by atoms with Crippen molar-refractivity contribution in [1.82, 2.24) is 0 Å². The van der Waals surface area contributed by atoms with Gasteiger partial charge in [-0.25, -0.2) is 0 Å². The number of nitrogens with zero attached hydrogens (tertiary/aromatic N) is 2. The van der Waals surface area contributed by atoms with Gasteiger partial charge in [-0.1, -0.05) is 0 Å². The average Bonchev–Trinajstić information content (AvgIpc) is 2.24. The number of hydrogen-bond acceptors (Lipinski definition) is 6. The summed E-state index contributed by atoms with van der Waals surface area (Å²) < 4.78 is 5.28. The second-order valence-corrected chi connectivity index (χ2v) is 3.25. The molecule has 16 heavy (non-hydrogen) atoms. The van der Waals surface area contributed by atoms with E-state index in [1.54, 1.807) is 25.1 Å². The Morgan fingerprint density at radius 1 is 1.50 bits per heavy atom. The second-order valence-electron chi connectivity index (χ2n) is 3.25. The highest BCUT2D eigenvalue weighted by Crippen LogP contribution is 2.26. The Morgan fingerprint density at radius 3 is 2.81 bits per heavy atom. The van der Waals surface area contributed by atoms with Gasteiger partial charge in [-0.15, -0.1) is 5.11 Å². The standard InChI is InChI=1S/C10H15N3O3/c1-7(14)6-16-10-4-3-8(5-9(10)11)12-13-15-2/h3-5,7,14H,6,11H2,1-2H3. The summed E-state index contributed by atoms with van der Waals surface area (Å²) >= 11 is 0. The van der Waals surface area contributed by atoms with Crippen LogP contribution in [0.25, 0.3) is 0 Å². The van der Waals surface area contributed by atoms with E-state index in [0.29, 0.717) is 17.1 Å². The summed E-state index contributed by atoms with van der Waals surface area (Å²) in [6.45, 7) is 1.83. The van der Waals surface area contributed by atoms with Crippen molar-refractivity contribution in [3.05, 3.63) is 18.2 Å². The van der Waals surface area contributed by atoms with Crippen LogP contribution in [0.1, 0.15) is 6.92 Å². The van der Waals surface area contributed by atoms with E-state index < -0.39 is 6.10 Å². The van der Waals surface area contributed by atoms with Gasteiger partial charge in [0.1, 0.15) is 19.5 Å². The van der Waals surface area contributed by atoms with Crippen molar-refractivity contribution in [2.75, 3.05) is 19.5 Å². The van der Waals surface area contributed by atoms with Gasteiger partial charge < -0.3 is 20.4 Å². The van der Waals surface area contributed by atoms with Crippen LogP contribution in [0.4, 0.5) is 11.4 Å². The molecule has 1 aromatic rings. The highest BCUT2D eigenvalue weighted by molar-refractivity contribution is 5.59. The number of aliphatic hydroxyl groups is 1. The molecule has 0 fully saturated rings. The number of hydrogen-bond donors (Lipinski definition) is 2. The van der Waals surface area contributed by atoms with Crippen LogP contribution in [-0.2, 0) is 4.84 Å². The van der Waals surface area contributed by atoms with E-state index in [1.165, 1.54) is 7.11 Å². The van der Waals surface area contributed by atoms with Crippen molar-refractivity contribution in [2.24, 2.45) is 10.4 Å². The van der Waals surface area contributed by atoms with Crippen molar-refractivity contribution in [3.63, 3.8) is 0 Å². The van der Waals surface area contributed by atoms with Crippen LogP contribution >= 0.6 is 0 Å². The largest absolute Gasteiger partial charge is 0.489 e. The first kappa shape index (κ1) is 12.3. The molecule has 1 atom stereocenters. The molecule has 1 unspecified atom stereocenters. The van der Waals surface area contributed by atoms with E-state index in [1.807, 2.05) is 0 Å². The maximum Gasteiger partial charge on any atom is 0.142 e. The van der Waals surface area contributed by atoms with Crippen LogP contribution < -0.4 is 10.5 Å². The van der Waals surface area contributed by atoms with E-state index in [2.05, 4.69) is 15.2 Å². The Kier molecular flexibility index (Phi) is 4.53. The maximum absolute atomic E-state index is 9.06. The summed E-state index contributed by atoms with van der Waals surface area (Å²) in [6, 6.07) is 4.97. The quantitative estimate of drug-likeness (QED) is 0.453. The summed E-state index contributed by atoms with van der Waals surface area (Å²) in [5, 5.41) is 16.2. The zero-order chi connectivity index (χ0) is 12.0. The first-order valence-electron chi connectivity index (χ1n) is 4.78. The molecule has 1 rings (SSSR count). The number of anilines is 1. The summed E-state index contributed by atoms with van der Waals surface area (Å²) in [5.41, 5.74) is 6.74. The zero-order valence-electron chi connectivity index (χ0n) is 9.25. The molecular formula is C10H15N3O3. The lowest BCUT2D eigenvalue weighted by Gasteiger charge is -2.10. The van der Waals surface area contributed by atoms with Crippen molar-refractivity contribution in [1.29, 1.82) is 0 Å². The van der Waals surface area contributed by atoms with Crippen LogP contribution in [0, 0.1) is 0 Å². The highest BCUT2D eigenvalue weighted by atomic mass is 16.6. The molecule has 0 saturated heterocycles. The molecule has 0 saturated carbocycles. The second kappa shape index (κ2) is 5.92. The highest BCUT2D eigenvalue weighted by Gasteiger charge is 2.03. The van der Waals surface area contributed by atoms with E-state index in [9.17, 15) is 0 Å². The van der Waals surface area contributed by atoms with Gasteiger partial charge in [0.25, 0.3) is 0 Å². The van der Waals surface area contributed by atoms with Gasteiger partial charge in [-0.05, 0) is 25.1 Å². The van der Waals surface area contributed by atoms with E-state index in [4.69, 9.17) is 15.6 Å². The molecule has 0 radical (unpaired) electrons. The molecule has 0 aliphatic carbocycles. The average molecular weight is 225 g/mol. The van der Waals surface area contributed by atoms with Gasteiger partial charge >= 0.3 is 0 Å². The fourth-order valence-corrected chi connectivity index (χ4v) is 1.03. The number of rotatable bonds is 5. The van der Waals surface area contributed by atoms with Crippen molar-refractivity contribution >= 4 is 11.4 Å². The lowest BCUT2D eigenvalue weighted by molar-refractivity contribution is 0.123. The van der Waals surface area contributed by atoms with Gasteiger partial charge in [0.2, 0.25) is 0 Å². The Balaban J connectivity index is 2.71. The van der Waals surface area contributed by atoms with Crippen LogP contribution in [0.15, 0.2) is 28.6 Å². The predicted octanol–water partition coefficient (Wildman–Crippen LogP) is 1.67. The Bertz CT molecular complexity index is 366. The first-order valence-corrected chi connectivity index (χ1v) is 4.78. The number of nitrogens with two attached hydrogens (primary N) is 1. The molecule has 0 aromatic heterocycles. The van der Waals surface area contributed by atoms with Crippen molar-refractivity contribution in [3.8, 4) is 5.75 Å². The minimum absolute atomic E-state index is 0.198. The Morgan fingerprint density at radius 2 is 2.25 bits per heavy atom. The third-order valence-electron chi connectivity index (χ3n) is 1.71. The monoisotopic (exact) mass is 225 g/mol. The third kappa shape index (κ3) is 3.74. The van der Waals surface area contributed by atoms with E-state index in [0.717, 1.165) is 0 Å². The number of benzene rings is 1. The SMILES string of the molecule is CON=Nc1ccc(OCC(C)O)c(N)c1. The lowest BCUT2D eigenvalue weighted by atomic mass is 10.2. The molecular weight excluding hydrogens is 210 g/mol. The third-order valence-corrected chi connectivity index (χ3v) is 1.71.